The molecule has 2 rings (SSSR count). The molecule has 0 atom stereocenters. The van der Waals surface area contributed by atoms with Crippen LogP contribution < -0.4 is 0 Å². The number of likely N-dealkylation sites (tertiary alicyclic amines) is 1. The quantitative estimate of drug-likeness (QED) is 0.587. The maximum atomic E-state index is 10.3. The van der Waals surface area contributed by atoms with Gasteiger partial charge in [0.15, 0.2) is 6.29 Å². The minimum Gasteiger partial charge on any atom is -0.302 e. The Labute approximate surface area is 70.8 Å². The fourth-order valence-electron chi connectivity index (χ4n) is 1.45. The number of carbonyl (C=O) groups is 1. The number of aldehydes is 1. The Hall–Kier alpha value is -1.16. The summed E-state index contributed by atoms with van der Waals surface area (Å²) >= 11 is 0. The van der Waals surface area contributed by atoms with Gasteiger partial charge in [0, 0.05) is 19.3 Å². The molecular weight excluding hydrogens is 154 g/mol. The summed E-state index contributed by atoms with van der Waals surface area (Å²) in [6.45, 7) is 2.06. The van der Waals surface area contributed by atoms with Crippen LogP contribution in [0.1, 0.15) is 16.4 Å². The summed E-state index contributed by atoms with van der Waals surface area (Å²) in [4.78, 5) is 12.6. The van der Waals surface area contributed by atoms with Gasteiger partial charge >= 0.3 is 0 Å². The maximum absolute atomic E-state index is 10.3. The first-order chi connectivity index (χ1) is 5.79. The van der Waals surface area contributed by atoms with Crippen LogP contribution in [0.5, 0.6) is 0 Å². The molecule has 1 aliphatic rings. The fraction of sp³-hybridized carbons (Fsp3) is 0.500. The lowest BCUT2D eigenvalue weighted by Crippen LogP contribution is -2.45. The SMILES string of the molecule is CN1CC(n2cc(C=O)cn2)C1. The Morgan fingerprint density at radius 2 is 2.42 bits per heavy atom. The van der Waals surface area contributed by atoms with E-state index in [2.05, 4.69) is 17.0 Å². The van der Waals surface area contributed by atoms with Gasteiger partial charge in [-0.2, -0.15) is 5.10 Å². The van der Waals surface area contributed by atoms with E-state index in [1.807, 2.05) is 4.68 Å². The number of rotatable bonds is 2. The third-order valence-electron chi connectivity index (χ3n) is 2.18. The number of nitrogens with zero attached hydrogens (tertiary/aromatic N) is 3. The zero-order valence-corrected chi connectivity index (χ0v) is 6.97. The summed E-state index contributed by atoms with van der Waals surface area (Å²) in [5, 5.41) is 4.10. The van der Waals surface area contributed by atoms with Gasteiger partial charge in [0.1, 0.15) is 0 Å². The van der Waals surface area contributed by atoms with Gasteiger partial charge in [-0.05, 0) is 7.05 Å². The highest BCUT2D eigenvalue weighted by Crippen LogP contribution is 2.17. The summed E-state index contributed by atoms with van der Waals surface area (Å²) in [5.41, 5.74) is 0.657. The van der Waals surface area contributed by atoms with Crippen molar-refractivity contribution in [1.29, 1.82) is 0 Å². The molecular formula is C8H11N3O. The predicted octanol–water partition coefficient (Wildman–Crippen LogP) is 0.182. The van der Waals surface area contributed by atoms with Crippen molar-refractivity contribution in [2.24, 2.45) is 0 Å². The molecule has 1 aromatic rings. The third kappa shape index (κ3) is 1.14. The van der Waals surface area contributed by atoms with Gasteiger partial charge in [0.25, 0.3) is 0 Å². The minimum atomic E-state index is 0.462. The van der Waals surface area contributed by atoms with Gasteiger partial charge in [-0.3, -0.25) is 9.48 Å². The van der Waals surface area contributed by atoms with Crippen molar-refractivity contribution in [3.8, 4) is 0 Å². The van der Waals surface area contributed by atoms with Crippen molar-refractivity contribution in [1.82, 2.24) is 14.7 Å². The molecule has 4 nitrogen and oxygen atoms in total. The molecule has 1 aliphatic heterocycles. The van der Waals surface area contributed by atoms with E-state index in [4.69, 9.17) is 0 Å². The Balaban J connectivity index is 2.08. The molecule has 1 saturated heterocycles. The molecule has 0 aromatic carbocycles. The third-order valence-corrected chi connectivity index (χ3v) is 2.18. The average Bonchev–Trinajstić information content (AvgIpc) is 2.46. The largest absolute Gasteiger partial charge is 0.302 e. The number of aromatic nitrogens is 2. The molecule has 0 saturated carbocycles. The second-order valence-electron chi connectivity index (χ2n) is 3.25. The second-order valence-corrected chi connectivity index (χ2v) is 3.25. The van der Waals surface area contributed by atoms with E-state index in [9.17, 15) is 4.79 Å². The monoisotopic (exact) mass is 165 g/mol. The molecule has 0 unspecified atom stereocenters. The smallest absolute Gasteiger partial charge is 0.153 e. The van der Waals surface area contributed by atoms with Gasteiger partial charge in [0.05, 0.1) is 17.8 Å². The molecule has 2 heterocycles. The predicted molar refractivity (Wildman–Crippen MR) is 44.1 cm³/mol. The first-order valence-electron chi connectivity index (χ1n) is 3.97. The summed E-state index contributed by atoms with van der Waals surface area (Å²) in [6.07, 6.45) is 4.22. The standard InChI is InChI=1S/C8H11N3O/c1-10-4-8(5-10)11-3-7(6-12)2-9-11/h2-3,6,8H,4-5H2,1H3. The zero-order valence-electron chi connectivity index (χ0n) is 6.97. The lowest BCUT2D eigenvalue weighted by molar-refractivity contribution is 0.112. The Morgan fingerprint density at radius 3 is 2.92 bits per heavy atom. The molecule has 0 bridgehead atoms. The molecule has 0 amide bonds. The number of hydrogen-bond donors (Lipinski definition) is 0. The molecule has 4 heteroatoms. The van der Waals surface area contributed by atoms with Crippen LogP contribution in [0.4, 0.5) is 0 Å². The van der Waals surface area contributed by atoms with E-state index in [0.29, 0.717) is 11.6 Å². The zero-order chi connectivity index (χ0) is 8.55. The van der Waals surface area contributed by atoms with Crippen LogP contribution in [0.3, 0.4) is 0 Å². The Kier molecular flexibility index (Phi) is 1.69. The lowest BCUT2D eigenvalue weighted by Gasteiger charge is -2.36. The second kappa shape index (κ2) is 2.71. The normalized spacial score (nSPS) is 19.1. The van der Waals surface area contributed by atoms with Crippen LogP contribution in [0, 0.1) is 0 Å². The Morgan fingerprint density at radius 1 is 1.67 bits per heavy atom. The van der Waals surface area contributed by atoms with E-state index in [1.54, 1.807) is 12.4 Å². The first-order valence-corrected chi connectivity index (χ1v) is 3.97. The lowest BCUT2D eigenvalue weighted by atomic mass is 10.1. The van der Waals surface area contributed by atoms with Gasteiger partial charge in [-0.15, -0.1) is 0 Å². The number of hydrogen-bond acceptors (Lipinski definition) is 3. The van der Waals surface area contributed by atoms with Crippen molar-refractivity contribution in [3.63, 3.8) is 0 Å². The first kappa shape index (κ1) is 7.49. The molecule has 0 spiro atoms. The van der Waals surface area contributed by atoms with Crippen LogP contribution in [-0.2, 0) is 0 Å². The van der Waals surface area contributed by atoms with E-state index < -0.39 is 0 Å². The van der Waals surface area contributed by atoms with Crippen LogP contribution in [0.25, 0.3) is 0 Å². The van der Waals surface area contributed by atoms with Gasteiger partial charge in [0.2, 0.25) is 0 Å². The highest BCUT2D eigenvalue weighted by atomic mass is 16.1. The van der Waals surface area contributed by atoms with Gasteiger partial charge < -0.3 is 4.90 Å². The molecule has 1 fully saturated rings. The highest BCUT2D eigenvalue weighted by molar-refractivity contribution is 5.73. The van der Waals surface area contributed by atoms with Crippen LogP contribution in [0.15, 0.2) is 12.4 Å². The van der Waals surface area contributed by atoms with Crippen LogP contribution >= 0.6 is 0 Å². The Bertz CT molecular complexity index is 288. The maximum Gasteiger partial charge on any atom is 0.153 e. The summed E-state index contributed by atoms with van der Waals surface area (Å²) in [7, 11) is 2.07. The van der Waals surface area contributed by atoms with Crippen molar-refractivity contribution >= 4 is 6.29 Å². The van der Waals surface area contributed by atoms with Crippen molar-refractivity contribution in [2.75, 3.05) is 20.1 Å². The van der Waals surface area contributed by atoms with Crippen molar-refractivity contribution in [3.05, 3.63) is 18.0 Å². The van der Waals surface area contributed by atoms with Crippen molar-refractivity contribution < 1.29 is 4.79 Å². The summed E-state index contributed by atoms with van der Waals surface area (Å²) < 4.78 is 1.86. The highest BCUT2D eigenvalue weighted by Gasteiger charge is 2.25. The molecule has 64 valence electrons. The summed E-state index contributed by atoms with van der Waals surface area (Å²) in [6, 6.07) is 0.462. The molecule has 12 heavy (non-hydrogen) atoms. The number of likely N-dealkylation sites (N-methyl/N-ethyl adjacent to an activating group) is 1. The van der Waals surface area contributed by atoms with Gasteiger partial charge in [-0.1, -0.05) is 0 Å². The number of carbonyl (C=O) groups excluding carboxylic acids is 1. The fourth-order valence-corrected chi connectivity index (χ4v) is 1.45. The van der Waals surface area contributed by atoms with Crippen LogP contribution in [0.2, 0.25) is 0 Å². The van der Waals surface area contributed by atoms with E-state index in [1.165, 1.54) is 0 Å². The van der Waals surface area contributed by atoms with E-state index in [-0.39, 0.29) is 0 Å². The van der Waals surface area contributed by atoms with E-state index >= 15 is 0 Å². The average molecular weight is 165 g/mol. The van der Waals surface area contributed by atoms with Gasteiger partial charge in [-0.25, -0.2) is 0 Å². The minimum absolute atomic E-state index is 0.462. The summed E-state index contributed by atoms with van der Waals surface area (Å²) in [5.74, 6) is 0. The molecule has 1 aromatic heterocycles. The van der Waals surface area contributed by atoms with Crippen LogP contribution in [-0.4, -0.2) is 41.1 Å². The molecule has 0 radical (unpaired) electrons. The molecule has 0 N–H and O–H groups in total. The topological polar surface area (TPSA) is 38.1 Å². The van der Waals surface area contributed by atoms with Crippen molar-refractivity contribution in [2.45, 2.75) is 6.04 Å². The van der Waals surface area contributed by atoms with E-state index in [0.717, 1.165) is 19.4 Å². The molecule has 0 aliphatic carbocycles.